The molecule has 166 valence electrons. The summed E-state index contributed by atoms with van der Waals surface area (Å²) < 4.78 is 12.3. The van der Waals surface area contributed by atoms with Gasteiger partial charge in [0, 0.05) is 18.2 Å². The van der Waals surface area contributed by atoms with Crippen LogP contribution in [0.1, 0.15) is 59.9 Å². The number of anilines is 1. The van der Waals surface area contributed by atoms with Crippen LogP contribution in [-0.4, -0.2) is 43.9 Å². The van der Waals surface area contributed by atoms with Crippen LogP contribution in [0, 0.1) is 12.8 Å². The van der Waals surface area contributed by atoms with Gasteiger partial charge in [-0.3, -0.25) is 4.79 Å². The summed E-state index contributed by atoms with van der Waals surface area (Å²) in [7, 11) is -2.74. The number of amides is 1. The number of hydrogen-bond acceptors (Lipinski definition) is 4. The van der Waals surface area contributed by atoms with E-state index in [9.17, 15) is 9.59 Å². The molecule has 1 aromatic carbocycles. The number of carbonyl (C=O) groups excluding carboxylic acids is 1. The van der Waals surface area contributed by atoms with Gasteiger partial charge >= 0.3 is 7.12 Å². The topological polar surface area (TPSA) is 59.0 Å². The van der Waals surface area contributed by atoms with E-state index < -0.39 is 15.4 Å². The summed E-state index contributed by atoms with van der Waals surface area (Å²) in [5.41, 5.74) is 2.23. The molecule has 0 saturated carbocycles. The first-order valence-electron chi connectivity index (χ1n) is 11.1. The molecule has 2 aliphatic heterocycles. The van der Waals surface area contributed by atoms with Crippen LogP contribution in [-0.2, 0) is 14.1 Å². The molecule has 2 saturated heterocycles. The molecular formula is C23H38BNO4Si. The summed E-state index contributed by atoms with van der Waals surface area (Å²) in [6.45, 7) is 19.1. The van der Waals surface area contributed by atoms with Crippen LogP contribution < -0.4 is 10.4 Å². The second kappa shape index (κ2) is 7.47. The first-order chi connectivity index (χ1) is 13.6. The Hall–Kier alpha value is -1.15. The molecule has 30 heavy (non-hydrogen) atoms. The van der Waals surface area contributed by atoms with Crippen LogP contribution in [0.15, 0.2) is 18.2 Å². The molecule has 1 N–H and O–H groups in total. The Morgan fingerprint density at radius 2 is 1.77 bits per heavy atom. The molecule has 3 rings (SSSR count). The van der Waals surface area contributed by atoms with Crippen molar-refractivity contribution in [2.45, 2.75) is 90.6 Å². The normalized spacial score (nSPS) is 24.1. The van der Waals surface area contributed by atoms with E-state index in [4.69, 9.17) is 9.31 Å². The standard InChI is InChI=1S/C23H38BNO4Si/c1-16-14-18(24-28-22(4,5)23(6,7)29-24)10-11-19(16)25-13-12-17(20(25)26)15-21(2,3)30(8,9)27/h10-11,14,17,27H,12-13,15H2,1-9H3. The van der Waals surface area contributed by atoms with Crippen LogP contribution in [0.2, 0.25) is 18.1 Å². The highest BCUT2D eigenvalue weighted by molar-refractivity contribution is 6.72. The lowest BCUT2D eigenvalue weighted by Gasteiger charge is -2.36. The minimum Gasteiger partial charge on any atom is -0.432 e. The average Bonchev–Trinajstić information content (AvgIpc) is 3.03. The van der Waals surface area contributed by atoms with Gasteiger partial charge in [-0.2, -0.15) is 0 Å². The largest absolute Gasteiger partial charge is 0.494 e. The molecule has 7 heteroatoms. The van der Waals surface area contributed by atoms with Crippen molar-refractivity contribution in [3.8, 4) is 0 Å². The minimum absolute atomic E-state index is 0.0268. The van der Waals surface area contributed by atoms with E-state index in [1.165, 1.54) is 0 Å². The fraction of sp³-hybridized carbons (Fsp3) is 0.696. The second-order valence-electron chi connectivity index (χ2n) is 11.3. The second-order valence-corrected chi connectivity index (χ2v) is 15.7. The van der Waals surface area contributed by atoms with Crippen molar-refractivity contribution in [2.75, 3.05) is 11.4 Å². The van der Waals surface area contributed by atoms with E-state index in [0.717, 1.165) is 36.1 Å². The summed E-state index contributed by atoms with van der Waals surface area (Å²) in [6.07, 6.45) is 1.58. The summed E-state index contributed by atoms with van der Waals surface area (Å²) in [6, 6.07) is 6.11. The van der Waals surface area contributed by atoms with E-state index in [0.29, 0.717) is 0 Å². The smallest absolute Gasteiger partial charge is 0.432 e. The molecule has 1 atom stereocenters. The van der Waals surface area contributed by atoms with Crippen molar-refractivity contribution < 1.29 is 18.9 Å². The third-order valence-electron chi connectivity index (χ3n) is 7.77. The van der Waals surface area contributed by atoms with Crippen molar-refractivity contribution >= 4 is 32.5 Å². The number of carbonyl (C=O) groups is 1. The third kappa shape index (κ3) is 4.14. The molecule has 2 aliphatic rings. The van der Waals surface area contributed by atoms with Crippen molar-refractivity contribution in [1.29, 1.82) is 0 Å². The van der Waals surface area contributed by atoms with Crippen molar-refractivity contribution in [3.05, 3.63) is 23.8 Å². The summed E-state index contributed by atoms with van der Waals surface area (Å²) in [4.78, 5) is 25.7. The lowest BCUT2D eigenvalue weighted by Crippen LogP contribution is -2.41. The van der Waals surface area contributed by atoms with Crippen molar-refractivity contribution in [3.63, 3.8) is 0 Å². The van der Waals surface area contributed by atoms with Gasteiger partial charge in [-0.25, -0.2) is 0 Å². The van der Waals surface area contributed by atoms with Crippen LogP contribution >= 0.6 is 0 Å². The van der Waals surface area contributed by atoms with Gasteiger partial charge in [0.15, 0.2) is 8.32 Å². The fourth-order valence-electron chi connectivity index (χ4n) is 4.14. The number of nitrogens with zero attached hydrogens (tertiary/aromatic N) is 1. The number of hydrogen-bond donors (Lipinski definition) is 1. The zero-order valence-electron chi connectivity index (χ0n) is 20.1. The monoisotopic (exact) mass is 431 g/mol. The molecule has 5 nitrogen and oxygen atoms in total. The summed E-state index contributed by atoms with van der Waals surface area (Å²) >= 11 is 0. The molecule has 1 aromatic rings. The molecule has 0 aromatic heterocycles. The Bertz CT molecular complexity index is 815. The highest BCUT2D eigenvalue weighted by Crippen LogP contribution is 2.44. The van der Waals surface area contributed by atoms with Crippen molar-refractivity contribution in [1.82, 2.24) is 0 Å². The van der Waals surface area contributed by atoms with Crippen LogP contribution in [0.3, 0.4) is 0 Å². The Labute approximate surface area is 183 Å². The zero-order valence-corrected chi connectivity index (χ0v) is 21.1. The van der Waals surface area contributed by atoms with Gasteiger partial charge in [0.1, 0.15) is 0 Å². The molecule has 0 spiro atoms. The first kappa shape index (κ1) is 23.5. The lowest BCUT2D eigenvalue weighted by atomic mass is 9.78. The number of benzene rings is 1. The third-order valence-corrected chi connectivity index (χ3v) is 11.3. The molecule has 0 aliphatic carbocycles. The molecule has 1 amide bonds. The van der Waals surface area contributed by atoms with Gasteiger partial charge in [0.25, 0.3) is 0 Å². The van der Waals surface area contributed by atoms with Crippen LogP contribution in [0.4, 0.5) is 5.69 Å². The molecule has 0 radical (unpaired) electrons. The zero-order chi connectivity index (χ0) is 22.7. The van der Waals surface area contributed by atoms with Gasteiger partial charge in [0.2, 0.25) is 5.91 Å². The molecular weight excluding hydrogens is 393 g/mol. The van der Waals surface area contributed by atoms with Gasteiger partial charge in [-0.05, 0) is 82.7 Å². The highest BCUT2D eigenvalue weighted by Gasteiger charge is 2.52. The predicted octanol–water partition coefficient (Wildman–Crippen LogP) is 4.01. The van der Waals surface area contributed by atoms with Gasteiger partial charge in [0.05, 0.1) is 11.2 Å². The number of aryl methyl sites for hydroxylation is 1. The summed E-state index contributed by atoms with van der Waals surface area (Å²) in [5, 5.41) is -0.195. The van der Waals surface area contributed by atoms with Gasteiger partial charge in [-0.15, -0.1) is 0 Å². The Morgan fingerprint density at radius 3 is 2.27 bits per heavy atom. The SMILES string of the molecule is Cc1cc(B2OC(C)(C)C(C)(C)O2)ccc1N1CCC(CC(C)(C)[Si](C)(C)O)C1=O. The lowest BCUT2D eigenvalue weighted by molar-refractivity contribution is -0.120. The Morgan fingerprint density at radius 1 is 1.20 bits per heavy atom. The van der Waals surface area contributed by atoms with E-state index in [2.05, 4.69) is 47.6 Å². The van der Waals surface area contributed by atoms with E-state index in [-0.39, 0.29) is 28.1 Å². The Kier molecular flexibility index (Phi) is 5.85. The average molecular weight is 431 g/mol. The first-order valence-corrected chi connectivity index (χ1v) is 14.0. The quantitative estimate of drug-likeness (QED) is 0.716. The van der Waals surface area contributed by atoms with Gasteiger partial charge in [-0.1, -0.05) is 26.0 Å². The van der Waals surface area contributed by atoms with E-state index in [1.807, 2.05) is 37.1 Å². The molecule has 0 bridgehead atoms. The highest BCUT2D eigenvalue weighted by atomic mass is 28.4. The van der Waals surface area contributed by atoms with Crippen molar-refractivity contribution in [2.24, 2.45) is 5.92 Å². The van der Waals surface area contributed by atoms with E-state index in [1.54, 1.807) is 0 Å². The summed E-state index contributed by atoms with van der Waals surface area (Å²) in [5.74, 6) is 0.147. The van der Waals surface area contributed by atoms with Crippen LogP contribution in [0.25, 0.3) is 0 Å². The van der Waals surface area contributed by atoms with Gasteiger partial charge < -0.3 is 19.0 Å². The van der Waals surface area contributed by atoms with E-state index >= 15 is 0 Å². The number of rotatable bonds is 5. The maximum Gasteiger partial charge on any atom is 0.494 e. The minimum atomic E-state index is -2.34. The fourth-order valence-corrected chi connectivity index (χ4v) is 4.89. The predicted molar refractivity (Wildman–Crippen MR) is 126 cm³/mol. The molecule has 2 heterocycles. The maximum atomic E-state index is 13.2. The molecule has 1 unspecified atom stereocenters. The molecule has 2 fully saturated rings. The van der Waals surface area contributed by atoms with Crippen LogP contribution in [0.5, 0.6) is 0 Å². The maximum absolute atomic E-state index is 13.2. The Balaban J connectivity index is 1.76.